The second-order valence-corrected chi connectivity index (χ2v) is 9.44. The van der Waals surface area contributed by atoms with Crippen molar-refractivity contribution in [2.75, 3.05) is 7.05 Å². The number of hydrogen-bond acceptors (Lipinski definition) is 2. The summed E-state index contributed by atoms with van der Waals surface area (Å²) in [4.78, 5) is 2.06. The third-order valence-corrected chi connectivity index (χ3v) is 6.36. The molecule has 1 unspecified atom stereocenters. The third kappa shape index (κ3) is 2.58. The fourth-order valence-electron chi connectivity index (χ4n) is 3.76. The van der Waals surface area contributed by atoms with Gasteiger partial charge < -0.3 is 4.74 Å². The zero-order chi connectivity index (χ0) is 18.7. The van der Waals surface area contributed by atoms with E-state index in [0.29, 0.717) is 4.59 Å². The maximum absolute atomic E-state index is 6.75. The van der Waals surface area contributed by atoms with E-state index in [0.717, 1.165) is 12.3 Å². The average molecular weight is 343 g/mol. The fourth-order valence-corrected chi connectivity index (χ4v) is 3.76. The smallest absolute Gasteiger partial charge is 0.159 e. The Morgan fingerprint density at radius 2 is 1.80 bits per heavy atom. The highest BCUT2D eigenvalue weighted by atomic mass is 16.5. The molecule has 136 valence electrons. The molecule has 2 aromatic rings. The summed E-state index contributed by atoms with van der Waals surface area (Å²) in [5.74, 6) is 1.04. The van der Waals surface area contributed by atoms with Crippen LogP contribution in [0.25, 0.3) is 0 Å². The van der Waals surface area contributed by atoms with E-state index in [2.05, 4.69) is 89.8 Å². The number of hydrogen-bond donors (Lipinski definition) is 0. The summed E-state index contributed by atoms with van der Waals surface area (Å²) in [7, 11) is 2.25. The number of likely N-dealkylation sites (N-methyl/N-ethyl adjacent to an activating group) is 1. The summed E-state index contributed by atoms with van der Waals surface area (Å²) < 4.78 is 7.39. The third-order valence-electron chi connectivity index (χ3n) is 6.36. The standard InChI is InChI=1S/C21H32N3O/c1-19(2,3)17-12-9-11-16-15-24(8,23-14-10-13-22-23)20(4,5)21(6,7)25-18(16)17/h9-14H,15H2,1-8H3/q+1. The molecule has 4 nitrogen and oxygen atoms in total. The summed E-state index contributed by atoms with van der Waals surface area (Å²) in [6.45, 7) is 16.5. The van der Waals surface area contributed by atoms with Crippen molar-refractivity contribution in [1.82, 2.24) is 14.5 Å². The predicted octanol–water partition coefficient (Wildman–Crippen LogP) is 4.40. The molecule has 0 radical (unpaired) electrons. The Morgan fingerprint density at radius 1 is 1.12 bits per heavy atom. The molecule has 3 rings (SSSR count). The maximum atomic E-state index is 6.75. The molecule has 4 heteroatoms. The van der Waals surface area contributed by atoms with Crippen LogP contribution in [0.1, 0.15) is 59.6 Å². The molecular weight excluding hydrogens is 310 g/mol. The van der Waals surface area contributed by atoms with Gasteiger partial charge in [0.2, 0.25) is 0 Å². The lowest BCUT2D eigenvalue weighted by Gasteiger charge is -2.50. The zero-order valence-electron chi connectivity index (χ0n) is 16.9. The van der Waals surface area contributed by atoms with Gasteiger partial charge >= 0.3 is 0 Å². The second-order valence-electron chi connectivity index (χ2n) is 9.44. The molecule has 1 aliphatic rings. The lowest BCUT2D eigenvalue weighted by molar-refractivity contribution is -0.0893. The van der Waals surface area contributed by atoms with E-state index in [1.165, 1.54) is 11.1 Å². The summed E-state index contributed by atoms with van der Waals surface area (Å²) in [5.41, 5.74) is 1.96. The van der Waals surface area contributed by atoms with Crippen LogP contribution in [-0.2, 0) is 12.0 Å². The lowest BCUT2D eigenvalue weighted by atomic mass is 9.83. The molecule has 2 heterocycles. The minimum Gasteiger partial charge on any atom is -0.480 e. The Morgan fingerprint density at radius 3 is 2.36 bits per heavy atom. The molecule has 0 aliphatic carbocycles. The van der Waals surface area contributed by atoms with Gasteiger partial charge in [-0.05, 0) is 45.2 Å². The second kappa shape index (κ2) is 5.34. The van der Waals surface area contributed by atoms with E-state index in [4.69, 9.17) is 4.74 Å². The highest BCUT2D eigenvalue weighted by Gasteiger charge is 2.58. The average Bonchev–Trinajstić information content (AvgIpc) is 2.99. The number of aromatic nitrogens is 2. The number of para-hydroxylation sites is 1. The van der Waals surface area contributed by atoms with Gasteiger partial charge in [-0.15, -0.1) is 9.89 Å². The zero-order valence-corrected chi connectivity index (χ0v) is 16.9. The van der Waals surface area contributed by atoms with E-state index < -0.39 is 0 Å². The summed E-state index contributed by atoms with van der Waals surface area (Å²) in [5, 5.41) is 4.59. The molecule has 0 saturated heterocycles. The minimum atomic E-state index is -0.375. The van der Waals surface area contributed by atoms with Crippen molar-refractivity contribution in [3.05, 3.63) is 47.8 Å². The molecule has 0 fully saturated rings. The largest absolute Gasteiger partial charge is 0.480 e. The van der Waals surface area contributed by atoms with Crippen LogP contribution < -0.4 is 9.33 Å². The Bertz CT molecular complexity index is 769. The number of rotatable bonds is 1. The van der Waals surface area contributed by atoms with E-state index in [9.17, 15) is 0 Å². The quantitative estimate of drug-likeness (QED) is 0.718. The molecule has 0 saturated carbocycles. The Hall–Kier alpha value is -1.81. The van der Waals surface area contributed by atoms with Crippen molar-refractivity contribution in [2.24, 2.45) is 0 Å². The van der Waals surface area contributed by atoms with Crippen LogP contribution in [0, 0.1) is 0 Å². The van der Waals surface area contributed by atoms with Gasteiger partial charge in [-0.2, -0.15) is 4.59 Å². The first-order chi connectivity index (χ1) is 11.4. The van der Waals surface area contributed by atoms with Crippen molar-refractivity contribution in [2.45, 2.75) is 71.6 Å². The number of fused-ring (bicyclic) bond motifs is 1. The molecule has 1 aromatic carbocycles. The molecular formula is C21H32N3O+. The van der Waals surface area contributed by atoms with Crippen LogP contribution >= 0.6 is 0 Å². The van der Waals surface area contributed by atoms with Crippen LogP contribution in [0.3, 0.4) is 0 Å². The summed E-state index contributed by atoms with van der Waals surface area (Å²) >= 11 is 0. The Kier molecular flexibility index (Phi) is 3.84. The van der Waals surface area contributed by atoms with Crippen molar-refractivity contribution in [3.63, 3.8) is 0 Å². The normalized spacial score (nSPS) is 25.0. The van der Waals surface area contributed by atoms with Crippen molar-refractivity contribution in [3.8, 4) is 5.75 Å². The van der Waals surface area contributed by atoms with Gasteiger partial charge in [-0.1, -0.05) is 32.9 Å². The fraction of sp³-hybridized carbons (Fsp3) is 0.571. The van der Waals surface area contributed by atoms with Gasteiger partial charge in [-0.3, -0.25) is 0 Å². The van der Waals surface area contributed by atoms with Gasteiger partial charge in [0, 0.05) is 5.56 Å². The van der Waals surface area contributed by atoms with Crippen molar-refractivity contribution >= 4 is 0 Å². The first-order valence-corrected chi connectivity index (χ1v) is 9.08. The van der Waals surface area contributed by atoms with Crippen molar-refractivity contribution in [1.29, 1.82) is 0 Å². The van der Waals surface area contributed by atoms with Gasteiger partial charge in [0.25, 0.3) is 0 Å². The van der Waals surface area contributed by atoms with Gasteiger partial charge in [0.1, 0.15) is 12.3 Å². The molecule has 0 amide bonds. The highest BCUT2D eigenvalue weighted by Crippen LogP contribution is 2.45. The van der Waals surface area contributed by atoms with Crippen LogP contribution in [0.4, 0.5) is 0 Å². The van der Waals surface area contributed by atoms with Gasteiger partial charge in [-0.25, -0.2) is 0 Å². The molecule has 1 aliphatic heterocycles. The summed E-state index contributed by atoms with van der Waals surface area (Å²) in [6.07, 6.45) is 3.90. The summed E-state index contributed by atoms with van der Waals surface area (Å²) in [6, 6.07) is 8.54. The number of nitrogens with zero attached hydrogens (tertiary/aromatic N) is 3. The molecule has 0 N–H and O–H groups in total. The molecule has 1 atom stereocenters. The van der Waals surface area contributed by atoms with E-state index in [-0.39, 0.29) is 16.6 Å². The molecule has 0 spiro atoms. The first-order valence-electron chi connectivity index (χ1n) is 9.08. The molecule has 25 heavy (non-hydrogen) atoms. The molecule has 0 bridgehead atoms. The maximum Gasteiger partial charge on any atom is 0.159 e. The first kappa shape index (κ1) is 18.0. The Balaban J connectivity index is 2.28. The number of benzene rings is 1. The van der Waals surface area contributed by atoms with Gasteiger partial charge in [0.05, 0.1) is 25.0 Å². The van der Waals surface area contributed by atoms with Crippen molar-refractivity contribution < 1.29 is 4.74 Å². The number of quaternary nitrogens is 1. The lowest BCUT2D eigenvalue weighted by Crippen LogP contribution is -2.74. The highest BCUT2D eigenvalue weighted by molar-refractivity contribution is 5.47. The monoisotopic (exact) mass is 342 g/mol. The minimum absolute atomic E-state index is 0.0327. The van der Waals surface area contributed by atoms with E-state index >= 15 is 0 Å². The van der Waals surface area contributed by atoms with E-state index in [1.54, 1.807) is 0 Å². The van der Waals surface area contributed by atoms with Crippen LogP contribution in [-0.4, -0.2) is 28.1 Å². The molecule has 1 aromatic heterocycles. The SMILES string of the molecule is CC(C)(C)c1cccc2c1OC(C)(C)C(C)(C)[N+](C)(n1cccn1)C2. The van der Waals surface area contributed by atoms with E-state index in [1.807, 2.05) is 12.3 Å². The van der Waals surface area contributed by atoms with Crippen LogP contribution in [0.5, 0.6) is 5.75 Å². The predicted molar refractivity (Wildman–Crippen MR) is 103 cm³/mol. The topological polar surface area (TPSA) is 27.1 Å². The van der Waals surface area contributed by atoms with Crippen LogP contribution in [0.2, 0.25) is 0 Å². The number of ether oxygens (including phenoxy) is 1. The Labute approximate surface area is 152 Å². The van der Waals surface area contributed by atoms with Crippen LogP contribution in [0.15, 0.2) is 36.7 Å². The van der Waals surface area contributed by atoms with Gasteiger partial charge in [0.15, 0.2) is 11.1 Å².